The predicted molar refractivity (Wildman–Crippen MR) is 89.1 cm³/mol. The molecule has 1 heterocycles. The fourth-order valence-corrected chi connectivity index (χ4v) is 3.03. The van der Waals surface area contributed by atoms with Crippen LogP contribution in [0.4, 0.5) is 5.69 Å². The monoisotopic (exact) mass is 369 g/mol. The van der Waals surface area contributed by atoms with Crippen LogP contribution < -0.4 is 10.1 Å². The van der Waals surface area contributed by atoms with E-state index in [2.05, 4.69) is 31.2 Å². The highest BCUT2D eigenvalue weighted by molar-refractivity contribution is 9.10. The highest BCUT2D eigenvalue weighted by Gasteiger charge is 2.15. The molecule has 0 saturated carbocycles. The molecule has 0 saturated heterocycles. The average Bonchev–Trinajstić information content (AvgIpc) is 2.43. The fourth-order valence-electron chi connectivity index (χ4n) is 2.10. The molecule has 1 unspecified atom stereocenters. The van der Waals surface area contributed by atoms with Gasteiger partial charge in [-0.15, -0.1) is 0 Å². The summed E-state index contributed by atoms with van der Waals surface area (Å²) in [5.41, 5.74) is 2.63. The van der Waals surface area contributed by atoms with Crippen molar-refractivity contribution in [2.24, 2.45) is 0 Å². The third-order valence-corrected chi connectivity index (χ3v) is 3.81. The predicted octanol–water partition coefficient (Wildman–Crippen LogP) is 4.77. The van der Waals surface area contributed by atoms with Crippen molar-refractivity contribution in [2.45, 2.75) is 26.8 Å². The molecule has 0 aliphatic heterocycles. The van der Waals surface area contributed by atoms with E-state index in [1.54, 1.807) is 12.4 Å². The van der Waals surface area contributed by atoms with Crippen molar-refractivity contribution >= 4 is 33.2 Å². The van der Waals surface area contributed by atoms with Crippen molar-refractivity contribution in [1.82, 2.24) is 9.97 Å². The summed E-state index contributed by atoms with van der Waals surface area (Å²) < 4.78 is 6.51. The first-order valence-electron chi connectivity index (χ1n) is 6.68. The average molecular weight is 371 g/mol. The van der Waals surface area contributed by atoms with Crippen LogP contribution in [0.25, 0.3) is 0 Å². The smallest absolute Gasteiger partial charge is 0.156 e. The van der Waals surface area contributed by atoms with Gasteiger partial charge in [-0.1, -0.05) is 11.6 Å². The van der Waals surface area contributed by atoms with Crippen LogP contribution in [-0.2, 0) is 0 Å². The molecular formula is C15H17BrClN3O. The number of aromatic nitrogens is 2. The number of anilines is 1. The summed E-state index contributed by atoms with van der Waals surface area (Å²) in [5.74, 6) is 0.746. The summed E-state index contributed by atoms with van der Waals surface area (Å²) in [6.07, 6.45) is 3.38. The third-order valence-electron chi connectivity index (χ3n) is 3.00. The highest BCUT2D eigenvalue weighted by atomic mass is 79.9. The second-order valence-corrected chi connectivity index (χ2v) is 5.88. The number of halogens is 2. The van der Waals surface area contributed by atoms with Gasteiger partial charge in [-0.2, -0.15) is 0 Å². The van der Waals surface area contributed by atoms with E-state index < -0.39 is 0 Å². The van der Waals surface area contributed by atoms with Gasteiger partial charge in [0.2, 0.25) is 0 Å². The first kappa shape index (κ1) is 16.0. The van der Waals surface area contributed by atoms with E-state index in [0.29, 0.717) is 11.6 Å². The van der Waals surface area contributed by atoms with Gasteiger partial charge in [-0.05, 0) is 48.8 Å². The molecule has 1 aromatic heterocycles. The summed E-state index contributed by atoms with van der Waals surface area (Å²) in [6, 6.07) is 3.65. The first-order chi connectivity index (χ1) is 10.0. The minimum atomic E-state index is -0.0109. The molecule has 21 heavy (non-hydrogen) atoms. The van der Waals surface area contributed by atoms with Crippen LogP contribution in [0.2, 0.25) is 5.02 Å². The SMILES string of the molecule is CCOc1c(Br)cc(Cl)cc1NC(C)c1nccnc1C. The number of nitrogens with zero attached hydrogens (tertiary/aromatic N) is 2. The molecule has 2 rings (SSSR count). The molecule has 0 spiro atoms. The maximum absolute atomic E-state index is 6.13. The lowest BCUT2D eigenvalue weighted by atomic mass is 10.1. The Bertz CT molecular complexity index is 636. The summed E-state index contributed by atoms with van der Waals surface area (Å²) in [6.45, 7) is 6.49. The second kappa shape index (κ2) is 7.09. The number of ether oxygens (including phenoxy) is 1. The van der Waals surface area contributed by atoms with Crippen LogP contribution >= 0.6 is 27.5 Å². The maximum atomic E-state index is 6.13. The van der Waals surface area contributed by atoms with Crippen LogP contribution in [0.15, 0.2) is 29.0 Å². The Balaban J connectivity index is 2.32. The fraction of sp³-hybridized carbons (Fsp3) is 0.333. The maximum Gasteiger partial charge on any atom is 0.156 e. The first-order valence-corrected chi connectivity index (χ1v) is 7.86. The van der Waals surface area contributed by atoms with Crippen molar-refractivity contribution in [2.75, 3.05) is 11.9 Å². The standard InChI is InChI=1S/C15H17BrClN3O/c1-4-21-15-12(16)7-11(17)8-13(15)20-10(3)14-9(2)18-5-6-19-14/h5-8,10,20H,4H2,1-3H3. The zero-order chi connectivity index (χ0) is 15.4. The minimum absolute atomic E-state index is 0.0109. The lowest BCUT2D eigenvalue weighted by molar-refractivity contribution is 0.339. The molecule has 4 nitrogen and oxygen atoms in total. The summed E-state index contributed by atoms with van der Waals surface area (Å²) in [5, 5.41) is 4.03. The minimum Gasteiger partial charge on any atom is -0.491 e. The van der Waals surface area contributed by atoms with Crippen LogP contribution in [-0.4, -0.2) is 16.6 Å². The van der Waals surface area contributed by atoms with Gasteiger partial charge in [0.05, 0.1) is 34.2 Å². The van der Waals surface area contributed by atoms with E-state index in [1.807, 2.05) is 32.9 Å². The van der Waals surface area contributed by atoms with Gasteiger partial charge in [0.1, 0.15) is 0 Å². The van der Waals surface area contributed by atoms with E-state index in [9.17, 15) is 0 Å². The molecule has 112 valence electrons. The van der Waals surface area contributed by atoms with Gasteiger partial charge < -0.3 is 10.1 Å². The Morgan fingerprint density at radius 3 is 2.71 bits per heavy atom. The molecule has 0 fully saturated rings. The lowest BCUT2D eigenvalue weighted by Crippen LogP contribution is -2.12. The molecule has 1 N–H and O–H groups in total. The van der Waals surface area contributed by atoms with Crippen LogP contribution in [0.5, 0.6) is 5.75 Å². The Hall–Kier alpha value is -1.33. The van der Waals surface area contributed by atoms with Gasteiger partial charge >= 0.3 is 0 Å². The topological polar surface area (TPSA) is 47.0 Å². The molecule has 0 amide bonds. The highest BCUT2D eigenvalue weighted by Crippen LogP contribution is 2.38. The largest absolute Gasteiger partial charge is 0.491 e. The van der Waals surface area contributed by atoms with Crippen molar-refractivity contribution in [3.8, 4) is 5.75 Å². The summed E-state index contributed by atoms with van der Waals surface area (Å²) >= 11 is 9.61. The van der Waals surface area contributed by atoms with Gasteiger partial charge in [-0.25, -0.2) is 0 Å². The molecular weight excluding hydrogens is 354 g/mol. The zero-order valence-corrected chi connectivity index (χ0v) is 14.5. The van der Waals surface area contributed by atoms with Crippen molar-refractivity contribution < 1.29 is 4.74 Å². The normalized spacial score (nSPS) is 12.0. The number of rotatable bonds is 5. The molecule has 6 heteroatoms. The summed E-state index contributed by atoms with van der Waals surface area (Å²) in [4.78, 5) is 8.65. The van der Waals surface area contributed by atoms with E-state index in [1.165, 1.54) is 0 Å². The number of hydrogen-bond donors (Lipinski definition) is 1. The van der Waals surface area contributed by atoms with Crippen molar-refractivity contribution in [3.63, 3.8) is 0 Å². The van der Waals surface area contributed by atoms with Gasteiger partial charge in [0.25, 0.3) is 0 Å². The number of benzene rings is 1. The zero-order valence-electron chi connectivity index (χ0n) is 12.2. The number of aryl methyl sites for hydroxylation is 1. The molecule has 1 aromatic carbocycles. The quantitative estimate of drug-likeness (QED) is 0.823. The van der Waals surface area contributed by atoms with E-state index in [0.717, 1.165) is 27.3 Å². The Labute approximate surface area is 138 Å². The summed E-state index contributed by atoms with van der Waals surface area (Å²) in [7, 11) is 0. The number of nitrogens with one attached hydrogen (secondary N) is 1. The van der Waals surface area contributed by atoms with E-state index in [-0.39, 0.29) is 6.04 Å². The lowest BCUT2D eigenvalue weighted by Gasteiger charge is -2.19. The van der Waals surface area contributed by atoms with Gasteiger partial charge in [0.15, 0.2) is 5.75 Å². The molecule has 0 bridgehead atoms. The van der Waals surface area contributed by atoms with Crippen LogP contribution in [0.1, 0.15) is 31.3 Å². The Morgan fingerprint density at radius 2 is 2.05 bits per heavy atom. The molecule has 1 atom stereocenters. The molecule has 0 aliphatic carbocycles. The Kier molecular flexibility index (Phi) is 5.42. The van der Waals surface area contributed by atoms with Crippen molar-refractivity contribution in [3.05, 3.63) is 45.4 Å². The molecule has 0 radical (unpaired) electrons. The number of hydrogen-bond acceptors (Lipinski definition) is 4. The van der Waals surface area contributed by atoms with Gasteiger partial charge in [-0.3, -0.25) is 9.97 Å². The van der Waals surface area contributed by atoms with Crippen molar-refractivity contribution in [1.29, 1.82) is 0 Å². The third kappa shape index (κ3) is 3.86. The van der Waals surface area contributed by atoms with Crippen LogP contribution in [0.3, 0.4) is 0 Å². The second-order valence-electron chi connectivity index (χ2n) is 4.59. The molecule has 0 aliphatic rings. The Morgan fingerprint density at radius 1 is 1.33 bits per heavy atom. The van der Waals surface area contributed by atoms with E-state index >= 15 is 0 Å². The van der Waals surface area contributed by atoms with E-state index in [4.69, 9.17) is 16.3 Å². The van der Waals surface area contributed by atoms with Gasteiger partial charge in [0, 0.05) is 17.4 Å². The molecule has 2 aromatic rings. The van der Waals surface area contributed by atoms with Crippen LogP contribution in [0, 0.1) is 6.92 Å².